The molecule has 0 saturated carbocycles. The first-order chi connectivity index (χ1) is 9.96. The van der Waals surface area contributed by atoms with Crippen molar-refractivity contribution in [2.24, 2.45) is 0 Å². The summed E-state index contributed by atoms with van der Waals surface area (Å²) in [6.07, 6.45) is 2.01. The maximum Gasteiger partial charge on any atom is 0.243 e. The van der Waals surface area contributed by atoms with E-state index in [1.54, 1.807) is 10.4 Å². The van der Waals surface area contributed by atoms with Crippen molar-refractivity contribution in [1.82, 2.24) is 4.31 Å². The number of nitrogens with zero attached hydrogens (tertiary/aromatic N) is 1. The number of hydrogen-bond acceptors (Lipinski definition) is 4. The highest BCUT2D eigenvalue weighted by atomic mass is 32.2. The molecule has 2 aliphatic rings. The van der Waals surface area contributed by atoms with Gasteiger partial charge in [-0.1, -0.05) is 13.8 Å². The molecule has 2 atom stereocenters. The normalized spacial score (nSPS) is 27.0. The Morgan fingerprint density at radius 1 is 1.24 bits per heavy atom. The lowest BCUT2D eigenvalue weighted by Gasteiger charge is -2.33. The van der Waals surface area contributed by atoms with Gasteiger partial charge in [-0.3, -0.25) is 0 Å². The van der Waals surface area contributed by atoms with E-state index in [4.69, 9.17) is 0 Å². The lowest BCUT2D eigenvalue weighted by Crippen LogP contribution is -2.43. The highest BCUT2D eigenvalue weighted by Crippen LogP contribution is 2.31. The molecule has 0 aromatic heterocycles. The quantitative estimate of drug-likeness (QED) is 0.907. The molecule has 0 spiro atoms. The van der Waals surface area contributed by atoms with Gasteiger partial charge in [-0.05, 0) is 36.6 Å². The molecule has 1 saturated heterocycles. The Bertz CT molecular complexity index is 621. The first kappa shape index (κ1) is 15.2. The second-order valence-corrected chi connectivity index (χ2v) is 9.75. The minimum absolute atomic E-state index is 0.350. The molecule has 1 fully saturated rings. The Balaban J connectivity index is 1.91. The summed E-state index contributed by atoms with van der Waals surface area (Å²) in [4.78, 5) is 0.441. The summed E-state index contributed by atoms with van der Waals surface area (Å²) in [5, 5.41) is 4.02. The largest absolute Gasteiger partial charge is 0.385 e. The molecule has 0 amide bonds. The summed E-state index contributed by atoms with van der Waals surface area (Å²) >= 11 is 1.86. The van der Waals surface area contributed by atoms with Crippen LogP contribution in [0.2, 0.25) is 0 Å². The highest BCUT2D eigenvalue weighted by molar-refractivity contribution is 8.00. The van der Waals surface area contributed by atoms with Gasteiger partial charge in [0.15, 0.2) is 0 Å². The number of sulfonamides is 1. The Hall–Kier alpha value is -0.720. The van der Waals surface area contributed by atoms with Crippen LogP contribution in [0.4, 0.5) is 5.69 Å². The third-order valence-corrected chi connectivity index (χ3v) is 7.09. The zero-order valence-electron chi connectivity index (χ0n) is 12.5. The maximum absolute atomic E-state index is 12.9. The van der Waals surface area contributed by atoms with Crippen molar-refractivity contribution >= 4 is 27.5 Å². The SMILES string of the molecule is CC1CN(S(=O)(=O)c2ccc3c(c2)CCCN3)CC(C)S1. The van der Waals surface area contributed by atoms with Gasteiger partial charge in [-0.2, -0.15) is 16.1 Å². The molecule has 116 valence electrons. The highest BCUT2D eigenvalue weighted by Gasteiger charge is 2.32. The van der Waals surface area contributed by atoms with Gasteiger partial charge in [0.1, 0.15) is 0 Å². The van der Waals surface area contributed by atoms with Gasteiger partial charge in [0, 0.05) is 35.8 Å². The predicted molar refractivity (Wildman–Crippen MR) is 88.5 cm³/mol. The number of benzene rings is 1. The lowest BCUT2D eigenvalue weighted by atomic mass is 10.0. The van der Waals surface area contributed by atoms with Crippen molar-refractivity contribution in [2.75, 3.05) is 25.0 Å². The van der Waals surface area contributed by atoms with Crippen LogP contribution in [0.1, 0.15) is 25.8 Å². The monoisotopic (exact) mass is 326 g/mol. The number of anilines is 1. The molecule has 3 rings (SSSR count). The molecule has 2 unspecified atom stereocenters. The average molecular weight is 326 g/mol. The van der Waals surface area contributed by atoms with Gasteiger partial charge in [-0.15, -0.1) is 0 Å². The summed E-state index contributed by atoms with van der Waals surface area (Å²) in [6.45, 7) is 6.37. The van der Waals surface area contributed by atoms with Crippen LogP contribution >= 0.6 is 11.8 Å². The summed E-state index contributed by atoms with van der Waals surface area (Å²) in [6, 6.07) is 5.50. The van der Waals surface area contributed by atoms with Crippen LogP contribution in [0.3, 0.4) is 0 Å². The van der Waals surface area contributed by atoms with Crippen molar-refractivity contribution in [3.63, 3.8) is 0 Å². The van der Waals surface area contributed by atoms with E-state index in [-0.39, 0.29) is 0 Å². The maximum atomic E-state index is 12.9. The van der Waals surface area contributed by atoms with Crippen LogP contribution < -0.4 is 5.32 Å². The molecule has 2 heterocycles. The van der Waals surface area contributed by atoms with E-state index in [0.29, 0.717) is 28.5 Å². The molecule has 6 heteroatoms. The zero-order chi connectivity index (χ0) is 15.0. The van der Waals surface area contributed by atoms with Gasteiger partial charge in [-0.25, -0.2) is 8.42 Å². The number of fused-ring (bicyclic) bond motifs is 1. The summed E-state index contributed by atoms with van der Waals surface area (Å²) in [7, 11) is -3.37. The summed E-state index contributed by atoms with van der Waals surface area (Å²) in [5.74, 6) is 0. The van der Waals surface area contributed by atoms with Gasteiger partial charge < -0.3 is 5.32 Å². The van der Waals surface area contributed by atoms with E-state index >= 15 is 0 Å². The second kappa shape index (κ2) is 5.82. The number of aryl methyl sites for hydroxylation is 1. The number of rotatable bonds is 2. The fourth-order valence-corrected chi connectivity index (χ4v) is 6.27. The van der Waals surface area contributed by atoms with Crippen molar-refractivity contribution < 1.29 is 8.42 Å². The van der Waals surface area contributed by atoms with Crippen LogP contribution in [0.5, 0.6) is 0 Å². The van der Waals surface area contributed by atoms with Crippen LogP contribution in [0.15, 0.2) is 23.1 Å². The van der Waals surface area contributed by atoms with Crippen molar-refractivity contribution in [1.29, 1.82) is 0 Å². The van der Waals surface area contributed by atoms with Gasteiger partial charge in [0.25, 0.3) is 0 Å². The third-order valence-electron chi connectivity index (χ3n) is 4.04. The van der Waals surface area contributed by atoms with Crippen LogP contribution in [0.25, 0.3) is 0 Å². The van der Waals surface area contributed by atoms with Gasteiger partial charge in [0.05, 0.1) is 4.90 Å². The standard InChI is InChI=1S/C15H22N2O2S2/c1-11-9-17(10-12(2)20-11)21(18,19)14-5-6-15-13(8-14)4-3-7-16-15/h5-6,8,11-12,16H,3-4,7,9-10H2,1-2H3. The first-order valence-corrected chi connectivity index (χ1v) is 9.87. The Kier molecular flexibility index (Phi) is 4.21. The van der Waals surface area contributed by atoms with E-state index in [0.717, 1.165) is 30.6 Å². The zero-order valence-corrected chi connectivity index (χ0v) is 14.1. The Labute approximate surface area is 131 Å². The van der Waals surface area contributed by atoms with E-state index in [2.05, 4.69) is 19.2 Å². The van der Waals surface area contributed by atoms with Crippen LogP contribution in [0, 0.1) is 0 Å². The van der Waals surface area contributed by atoms with Crippen molar-refractivity contribution in [2.45, 2.75) is 42.1 Å². The molecule has 0 radical (unpaired) electrons. The van der Waals surface area contributed by atoms with Gasteiger partial charge >= 0.3 is 0 Å². The molecule has 1 N–H and O–H groups in total. The molecule has 0 bridgehead atoms. The fraction of sp³-hybridized carbons (Fsp3) is 0.600. The minimum Gasteiger partial charge on any atom is -0.385 e. The Morgan fingerprint density at radius 3 is 2.67 bits per heavy atom. The number of thioether (sulfide) groups is 1. The second-order valence-electron chi connectivity index (χ2n) is 5.93. The number of hydrogen-bond donors (Lipinski definition) is 1. The number of nitrogens with one attached hydrogen (secondary N) is 1. The summed E-state index contributed by atoms with van der Waals surface area (Å²) < 4.78 is 27.4. The molecule has 0 aliphatic carbocycles. The van der Waals surface area contributed by atoms with Crippen molar-refractivity contribution in [3.05, 3.63) is 23.8 Å². The molecular formula is C15H22N2O2S2. The van der Waals surface area contributed by atoms with Gasteiger partial charge in [0.2, 0.25) is 10.0 Å². The lowest BCUT2D eigenvalue weighted by molar-refractivity contribution is 0.405. The smallest absolute Gasteiger partial charge is 0.243 e. The predicted octanol–water partition coefficient (Wildman–Crippen LogP) is 2.56. The van der Waals surface area contributed by atoms with E-state index in [1.165, 1.54) is 0 Å². The molecule has 2 aliphatic heterocycles. The van der Waals surface area contributed by atoms with E-state index in [1.807, 2.05) is 23.9 Å². The molecule has 1 aromatic carbocycles. The van der Waals surface area contributed by atoms with Crippen LogP contribution in [-0.4, -0.2) is 42.9 Å². The van der Waals surface area contributed by atoms with Crippen molar-refractivity contribution in [3.8, 4) is 0 Å². The summed E-state index contributed by atoms with van der Waals surface area (Å²) in [5.41, 5.74) is 2.20. The Morgan fingerprint density at radius 2 is 1.95 bits per heavy atom. The molecule has 21 heavy (non-hydrogen) atoms. The fourth-order valence-electron chi connectivity index (χ4n) is 3.09. The minimum atomic E-state index is -3.37. The topological polar surface area (TPSA) is 49.4 Å². The molecule has 1 aromatic rings. The van der Waals surface area contributed by atoms with Crippen LogP contribution in [-0.2, 0) is 16.4 Å². The van der Waals surface area contributed by atoms with E-state index < -0.39 is 10.0 Å². The van der Waals surface area contributed by atoms with E-state index in [9.17, 15) is 8.42 Å². The molecule has 4 nitrogen and oxygen atoms in total. The molecular weight excluding hydrogens is 304 g/mol. The first-order valence-electron chi connectivity index (χ1n) is 7.49. The third kappa shape index (κ3) is 3.07. The average Bonchev–Trinajstić information content (AvgIpc) is 2.45.